The van der Waals surface area contributed by atoms with E-state index in [9.17, 15) is 14.7 Å². The Kier molecular flexibility index (Phi) is 9.34. The largest absolute Gasteiger partial charge is 0.513 e. The van der Waals surface area contributed by atoms with Crippen LogP contribution < -0.4 is 4.74 Å². The third-order valence-electron chi connectivity index (χ3n) is 5.14. The van der Waals surface area contributed by atoms with E-state index in [4.69, 9.17) is 14.7 Å². The summed E-state index contributed by atoms with van der Waals surface area (Å²) in [5.74, 6) is 1.35. The fraction of sp³-hybridized carbons (Fsp3) is 0.565. The summed E-state index contributed by atoms with van der Waals surface area (Å²) in [4.78, 5) is 27.2. The average Bonchev–Trinajstić information content (AvgIpc) is 3.12. The molecule has 0 saturated carbocycles. The summed E-state index contributed by atoms with van der Waals surface area (Å²) in [6.07, 6.45) is 1.81. The molecule has 1 unspecified atom stereocenters. The van der Waals surface area contributed by atoms with Gasteiger partial charge >= 0.3 is 12.1 Å². The molecule has 2 rings (SSSR count). The third-order valence-corrected chi connectivity index (χ3v) is 7.63. The van der Waals surface area contributed by atoms with Gasteiger partial charge in [-0.2, -0.15) is 17.0 Å². The molecule has 1 heterocycles. The zero-order valence-electron chi connectivity index (χ0n) is 19.0. The van der Waals surface area contributed by atoms with Crippen LogP contribution in [0.5, 0.6) is 5.75 Å². The molecule has 0 saturated heterocycles. The van der Waals surface area contributed by atoms with Crippen LogP contribution in [0.1, 0.15) is 58.4 Å². The standard InChI is InChI=1S/C23H30N2O5S2/c1-5-23(4,12-20(26)27)14-22(2,3)15-31-10-6-9-29-21(28)30-16-7-8-17-18(11-16)32-19(13-24)25-17/h7-8,11H,5-6,9-10,12,14-15H2,1-4H3,(H,26,27). The van der Waals surface area contributed by atoms with E-state index in [0.717, 1.165) is 29.0 Å². The number of carbonyl (C=O) groups is 2. The summed E-state index contributed by atoms with van der Waals surface area (Å²) in [5.41, 5.74) is 0.501. The van der Waals surface area contributed by atoms with Gasteiger partial charge in [-0.3, -0.25) is 4.79 Å². The molecule has 174 valence electrons. The minimum atomic E-state index is -0.757. The first-order valence-corrected chi connectivity index (χ1v) is 12.5. The number of aromatic nitrogens is 1. The average molecular weight is 479 g/mol. The van der Waals surface area contributed by atoms with Gasteiger partial charge in [0.1, 0.15) is 11.8 Å². The second kappa shape index (κ2) is 11.5. The highest BCUT2D eigenvalue weighted by atomic mass is 32.2. The van der Waals surface area contributed by atoms with Crippen LogP contribution in [0, 0.1) is 22.2 Å². The van der Waals surface area contributed by atoms with Crippen molar-refractivity contribution in [3.63, 3.8) is 0 Å². The predicted octanol–water partition coefficient (Wildman–Crippen LogP) is 6.11. The quantitative estimate of drug-likeness (QED) is 0.221. The lowest BCUT2D eigenvalue weighted by Crippen LogP contribution is -2.29. The number of hydrogen-bond acceptors (Lipinski definition) is 8. The summed E-state index contributed by atoms with van der Waals surface area (Å²) in [5, 5.41) is 18.5. The maximum Gasteiger partial charge on any atom is 0.513 e. The van der Waals surface area contributed by atoms with Gasteiger partial charge in [-0.15, -0.1) is 11.3 Å². The van der Waals surface area contributed by atoms with Crippen LogP contribution >= 0.6 is 23.1 Å². The number of aliphatic carboxylic acids is 1. The zero-order chi connectivity index (χ0) is 23.8. The van der Waals surface area contributed by atoms with Gasteiger partial charge in [0.05, 0.1) is 23.2 Å². The first kappa shape index (κ1) is 25.9. The number of nitriles is 1. The van der Waals surface area contributed by atoms with Crippen molar-refractivity contribution in [3.05, 3.63) is 23.2 Å². The van der Waals surface area contributed by atoms with Gasteiger partial charge < -0.3 is 14.6 Å². The molecule has 0 aliphatic carbocycles. The minimum Gasteiger partial charge on any atom is -0.481 e. The SMILES string of the molecule is CCC(C)(CC(=O)O)CC(C)(C)CSCCCOC(=O)Oc1ccc2nc(C#N)sc2c1. The number of fused-ring (bicyclic) bond motifs is 1. The van der Waals surface area contributed by atoms with Gasteiger partial charge in [0.2, 0.25) is 0 Å². The number of thiazole rings is 1. The second-order valence-corrected chi connectivity index (χ2v) is 11.1. The van der Waals surface area contributed by atoms with Crippen molar-refractivity contribution in [2.24, 2.45) is 10.8 Å². The van der Waals surface area contributed by atoms with Crippen molar-refractivity contribution in [1.29, 1.82) is 5.26 Å². The molecular formula is C23H30N2O5S2. The molecule has 0 amide bonds. The first-order valence-electron chi connectivity index (χ1n) is 10.5. The van der Waals surface area contributed by atoms with Gasteiger partial charge in [0.15, 0.2) is 5.01 Å². The zero-order valence-corrected chi connectivity index (χ0v) is 20.6. The van der Waals surface area contributed by atoms with Crippen molar-refractivity contribution in [3.8, 4) is 11.8 Å². The van der Waals surface area contributed by atoms with E-state index in [1.807, 2.05) is 19.9 Å². The van der Waals surface area contributed by atoms with Crippen LogP contribution in [0.4, 0.5) is 4.79 Å². The van der Waals surface area contributed by atoms with Crippen molar-refractivity contribution in [2.45, 2.75) is 53.4 Å². The van der Waals surface area contributed by atoms with Crippen LogP contribution in [-0.4, -0.2) is 40.3 Å². The molecule has 1 aromatic carbocycles. The molecule has 7 nitrogen and oxygen atoms in total. The fourth-order valence-electron chi connectivity index (χ4n) is 3.69. The van der Waals surface area contributed by atoms with Crippen LogP contribution in [0.2, 0.25) is 0 Å². The highest BCUT2D eigenvalue weighted by Crippen LogP contribution is 2.40. The second-order valence-electron chi connectivity index (χ2n) is 8.94. The number of carboxylic acid groups (broad SMARTS) is 1. The lowest BCUT2D eigenvalue weighted by Gasteiger charge is -2.36. The molecule has 32 heavy (non-hydrogen) atoms. The summed E-state index contributed by atoms with van der Waals surface area (Å²) in [7, 11) is 0. The minimum absolute atomic E-state index is 0.0192. The van der Waals surface area contributed by atoms with Crippen molar-refractivity contribution >= 4 is 45.4 Å². The first-order chi connectivity index (χ1) is 15.1. The number of nitrogens with zero attached hydrogens (tertiary/aromatic N) is 2. The van der Waals surface area contributed by atoms with E-state index in [-0.39, 0.29) is 23.9 Å². The highest BCUT2D eigenvalue weighted by molar-refractivity contribution is 7.99. The van der Waals surface area contributed by atoms with E-state index < -0.39 is 12.1 Å². The number of thioether (sulfide) groups is 1. The molecule has 9 heteroatoms. The van der Waals surface area contributed by atoms with Gasteiger partial charge in [0, 0.05) is 6.07 Å². The molecule has 1 N–H and O–H groups in total. The summed E-state index contributed by atoms with van der Waals surface area (Å²) >= 11 is 3.02. The summed E-state index contributed by atoms with van der Waals surface area (Å²) in [6.45, 7) is 8.69. The van der Waals surface area contributed by atoms with Crippen LogP contribution in [-0.2, 0) is 9.53 Å². The van der Waals surface area contributed by atoms with Crippen LogP contribution in [0.3, 0.4) is 0 Å². The predicted molar refractivity (Wildman–Crippen MR) is 127 cm³/mol. The Morgan fingerprint density at radius 1 is 1.31 bits per heavy atom. The molecule has 1 aromatic heterocycles. The van der Waals surface area contributed by atoms with Crippen LogP contribution in [0.25, 0.3) is 10.2 Å². The van der Waals surface area contributed by atoms with Gasteiger partial charge in [-0.25, -0.2) is 9.78 Å². The molecule has 0 fully saturated rings. The fourth-order valence-corrected chi connectivity index (χ4v) is 5.60. The van der Waals surface area contributed by atoms with Crippen molar-refractivity contribution in [1.82, 2.24) is 4.98 Å². The Bertz CT molecular complexity index is 982. The summed E-state index contributed by atoms with van der Waals surface area (Å²) in [6, 6.07) is 6.99. The normalized spacial score (nSPS) is 13.3. The molecular weight excluding hydrogens is 448 g/mol. The number of hydrogen-bond donors (Lipinski definition) is 1. The number of carbonyl (C=O) groups excluding carboxylic acids is 1. The Labute approximate surface area is 197 Å². The maximum atomic E-state index is 11.9. The number of rotatable bonds is 12. The third kappa shape index (κ3) is 8.32. The molecule has 0 radical (unpaired) electrons. The van der Waals surface area contributed by atoms with Gasteiger partial charge in [-0.1, -0.05) is 34.1 Å². The summed E-state index contributed by atoms with van der Waals surface area (Å²) < 4.78 is 11.1. The molecule has 0 spiro atoms. The van der Waals surface area contributed by atoms with E-state index in [1.54, 1.807) is 30.0 Å². The van der Waals surface area contributed by atoms with E-state index in [0.29, 0.717) is 22.7 Å². The molecule has 0 aliphatic rings. The Balaban J connectivity index is 1.68. The molecule has 2 aromatic rings. The van der Waals surface area contributed by atoms with Crippen molar-refractivity contribution in [2.75, 3.05) is 18.1 Å². The monoisotopic (exact) mass is 478 g/mol. The Morgan fingerprint density at radius 3 is 2.72 bits per heavy atom. The number of ether oxygens (including phenoxy) is 2. The molecule has 0 bridgehead atoms. The van der Waals surface area contributed by atoms with E-state index in [1.165, 1.54) is 11.3 Å². The number of benzene rings is 1. The smallest absolute Gasteiger partial charge is 0.481 e. The Hall–Kier alpha value is -2.31. The Morgan fingerprint density at radius 2 is 2.06 bits per heavy atom. The maximum absolute atomic E-state index is 11.9. The van der Waals surface area contributed by atoms with Crippen LogP contribution in [0.15, 0.2) is 18.2 Å². The van der Waals surface area contributed by atoms with Gasteiger partial charge in [-0.05, 0) is 47.3 Å². The van der Waals surface area contributed by atoms with E-state index in [2.05, 4.69) is 18.8 Å². The van der Waals surface area contributed by atoms with E-state index >= 15 is 0 Å². The highest BCUT2D eigenvalue weighted by Gasteiger charge is 2.33. The molecule has 0 aliphatic heterocycles. The lowest BCUT2D eigenvalue weighted by molar-refractivity contribution is -0.140. The lowest BCUT2D eigenvalue weighted by atomic mass is 9.71. The van der Waals surface area contributed by atoms with Crippen molar-refractivity contribution < 1.29 is 24.2 Å². The molecule has 1 atom stereocenters. The number of carboxylic acids is 1. The van der Waals surface area contributed by atoms with Gasteiger partial charge in [0.25, 0.3) is 0 Å². The topological polar surface area (TPSA) is 110 Å².